The van der Waals surface area contributed by atoms with E-state index in [1.807, 2.05) is 6.92 Å². The van der Waals surface area contributed by atoms with Crippen LogP contribution in [0.2, 0.25) is 5.02 Å². The van der Waals surface area contributed by atoms with Crippen molar-refractivity contribution in [2.75, 3.05) is 37.7 Å². The number of anilines is 1. The molecule has 2 aliphatic heterocycles. The average Bonchev–Trinajstić information content (AvgIpc) is 3.38. The van der Waals surface area contributed by atoms with Crippen molar-refractivity contribution in [3.05, 3.63) is 65.5 Å². The molecule has 0 spiro atoms. The molecule has 2 N–H and O–H groups in total. The fraction of sp³-hybridized carbons (Fsp3) is 0.357. The predicted octanol–water partition coefficient (Wildman–Crippen LogP) is 3.19. The zero-order valence-electron chi connectivity index (χ0n) is 22.3. The molecule has 0 atom stereocenters. The Balaban J connectivity index is 1.17. The van der Waals surface area contributed by atoms with Crippen molar-refractivity contribution in [2.24, 2.45) is 0 Å². The molecule has 13 heteroatoms. The first-order valence-electron chi connectivity index (χ1n) is 13.2. The fourth-order valence-electron chi connectivity index (χ4n) is 5.03. The molecule has 0 saturated carbocycles. The lowest BCUT2D eigenvalue weighted by Crippen LogP contribution is -2.59. The van der Waals surface area contributed by atoms with Crippen LogP contribution in [0.5, 0.6) is 5.75 Å². The number of carbonyl (C=O) groups is 1. The number of fused-ring (bicyclic) bond motifs is 1. The molecular formula is C28H27ClFN9O2. The number of ether oxygens (including phenoxy) is 1. The number of aromatic nitrogens is 5. The first-order chi connectivity index (χ1) is 19.8. The molecule has 11 nitrogen and oxygen atoms in total. The molecule has 2 aliphatic rings. The Labute approximate surface area is 240 Å². The van der Waals surface area contributed by atoms with E-state index in [9.17, 15) is 14.4 Å². The number of hydrogen-bond donors (Lipinski definition) is 2. The molecule has 2 fully saturated rings. The molecule has 0 aromatic carbocycles. The van der Waals surface area contributed by atoms with Gasteiger partial charge in [-0.15, -0.1) is 0 Å². The fourth-order valence-corrected chi connectivity index (χ4v) is 5.24. The summed E-state index contributed by atoms with van der Waals surface area (Å²) in [6.45, 7) is 3.74. The third-order valence-electron chi connectivity index (χ3n) is 7.58. The largest absolute Gasteiger partial charge is 0.489 e. The zero-order valence-corrected chi connectivity index (χ0v) is 23.0. The number of amides is 1. The van der Waals surface area contributed by atoms with Crippen LogP contribution in [0.4, 0.5) is 10.2 Å². The molecule has 4 aromatic rings. The molecule has 0 unspecified atom stereocenters. The van der Waals surface area contributed by atoms with Crippen molar-refractivity contribution in [1.82, 2.24) is 35.2 Å². The van der Waals surface area contributed by atoms with Crippen LogP contribution in [0.1, 0.15) is 35.8 Å². The summed E-state index contributed by atoms with van der Waals surface area (Å²) in [7, 11) is 0. The van der Waals surface area contributed by atoms with Crippen LogP contribution >= 0.6 is 11.6 Å². The SMILES string of the molecule is CC1(NC(=O)c2ncccc2Cl)CCN(c2cnc(-c3cc(OCC4(F)CNC4)cn4ncc(C#N)c34)cn2)CC1. The van der Waals surface area contributed by atoms with Gasteiger partial charge in [0.2, 0.25) is 0 Å². The van der Waals surface area contributed by atoms with Gasteiger partial charge in [0.25, 0.3) is 5.91 Å². The highest BCUT2D eigenvalue weighted by atomic mass is 35.5. The summed E-state index contributed by atoms with van der Waals surface area (Å²) in [6, 6.07) is 7.23. The Bertz CT molecular complexity index is 1640. The number of piperidine rings is 1. The van der Waals surface area contributed by atoms with Crippen molar-refractivity contribution < 1.29 is 13.9 Å². The number of rotatable bonds is 7. The monoisotopic (exact) mass is 575 g/mol. The van der Waals surface area contributed by atoms with E-state index >= 15 is 0 Å². The minimum absolute atomic E-state index is 0.0921. The van der Waals surface area contributed by atoms with Crippen LogP contribution in [0.3, 0.4) is 0 Å². The van der Waals surface area contributed by atoms with Crippen LogP contribution in [-0.2, 0) is 0 Å². The lowest BCUT2D eigenvalue weighted by atomic mass is 9.89. The maximum atomic E-state index is 14.5. The highest BCUT2D eigenvalue weighted by Gasteiger charge is 2.38. The van der Waals surface area contributed by atoms with Gasteiger partial charge in [-0.3, -0.25) is 9.78 Å². The normalized spacial score (nSPS) is 17.5. The quantitative estimate of drug-likeness (QED) is 0.341. The smallest absolute Gasteiger partial charge is 0.271 e. The summed E-state index contributed by atoms with van der Waals surface area (Å²) in [5.41, 5.74) is 0.478. The molecule has 6 heterocycles. The van der Waals surface area contributed by atoms with Crippen LogP contribution < -0.4 is 20.3 Å². The van der Waals surface area contributed by atoms with Crippen molar-refractivity contribution in [3.63, 3.8) is 0 Å². The summed E-state index contributed by atoms with van der Waals surface area (Å²) in [6.07, 6.45) is 9.37. The lowest BCUT2D eigenvalue weighted by molar-refractivity contribution is 0.0345. The second kappa shape index (κ2) is 10.6. The lowest BCUT2D eigenvalue weighted by Gasteiger charge is -2.40. The standard InChI is InChI=1S/C28H27ClFN9O2/c1-27(37-26(40)24-21(29)3-2-6-33-24)4-7-38(8-5-27)23-13-34-22(12-35-23)20-9-19(41-17-28(30)15-32-16-28)14-39-25(20)18(10-31)11-36-39/h2-3,6,9,11-14,32H,4-5,7-8,15-17H2,1H3,(H,37,40). The van der Waals surface area contributed by atoms with Crippen LogP contribution in [0.25, 0.3) is 16.8 Å². The topological polar surface area (TPSA) is 133 Å². The Morgan fingerprint density at radius 1 is 1.24 bits per heavy atom. The maximum absolute atomic E-state index is 14.5. The summed E-state index contributed by atoms with van der Waals surface area (Å²) in [4.78, 5) is 28.3. The molecule has 0 aliphatic carbocycles. The Hall–Kier alpha value is -4.34. The van der Waals surface area contributed by atoms with E-state index in [-0.39, 0.29) is 31.3 Å². The van der Waals surface area contributed by atoms with Gasteiger partial charge in [-0.2, -0.15) is 10.4 Å². The molecule has 4 aromatic heterocycles. The van der Waals surface area contributed by atoms with Crippen molar-refractivity contribution in [2.45, 2.75) is 31.0 Å². The van der Waals surface area contributed by atoms with E-state index in [0.29, 0.717) is 64.9 Å². The Morgan fingerprint density at radius 2 is 2.05 bits per heavy atom. The molecule has 41 heavy (non-hydrogen) atoms. The highest BCUT2D eigenvalue weighted by molar-refractivity contribution is 6.33. The molecule has 210 valence electrons. The predicted molar refractivity (Wildman–Crippen MR) is 150 cm³/mol. The van der Waals surface area contributed by atoms with Gasteiger partial charge in [0, 0.05) is 43.5 Å². The summed E-state index contributed by atoms with van der Waals surface area (Å²) < 4.78 is 21.8. The van der Waals surface area contributed by atoms with Gasteiger partial charge >= 0.3 is 0 Å². The molecule has 0 bridgehead atoms. The van der Waals surface area contributed by atoms with Gasteiger partial charge in [0.1, 0.15) is 29.9 Å². The average molecular weight is 576 g/mol. The number of pyridine rings is 2. The molecule has 6 rings (SSSR count). The first-order valence-corrected chi connectivity index (χ1v) is 13.6. The van der Waals surface area contributed by atoms with E-state index in [2.05, 4.69) is 41.7 Å². The van der Waals surface area contributed by atoms with Crippen molar-refractivity contribution in [3.8, 4) is 23.1 Å². The maximum Gasteiger partial charge on any atom is 0.271 e. The third-order valence-corrected chi connectivity index (χ3v) is 7.89. The zero-order chi connectivity index (χ0) is 28.6. The van der Waals surface area contributed by atoms with Gasteiger partial charge in [0.15, 0.2) is 5.67 Å². The minimum Gasteiger partial charge on any atom is -0.489 e. The highest BCUT2D eigenvalue weighted by Crippen LogP contribution is 2.32. The number of alkyl halides is 1. The molecule has 0 radical (unpaired) electrons. The number of nitrogens with one attached hydrogen (secondary N) is 2. The van der Waals surface area contributed by atoms with E-state index in [0.717, 1.165) is 0 Å². The van der Waals surface area contributed by atoms with E-state index in [1.54, 1.807) is 47.5 Å². The number of halogens is 2. The van der Waals surface area contributed by atoms with Gasteiger partial charge in [-0.25, -0.2) is 18.9 Å². The molecule has 2 saturated heterocycles. The van der Waals surface area contributed by atoms with Crippen LogP contribution in [-0.4, -0.2) is 74.5 Å². The van der Waals surface area contributed by atoms with Crippen molar-refractivity contribution >= 4 is 28.8 Å². The van der Waals surface area contributed by atoms with Crippen LogP contribution in [0, 0.1) is 11.3 Å². The van der Waals surface area contributed by atoms with E-state index in [4.69, 9.17) is 16.3 Å². The van der Waals surface area contributed by atoms with E-state index in [1.165, 1.54) is 6.20 Å². The Morgan fingerprint density at radius 3 is 2.71 bits per heavy atom. The van der Waals surface area contributed by atoms with Crippen LogP contribution in [0.15, 0.2) is 49.2 Å². The van der Waals surface area contributed by atoms with Gasteiger partial charge in [-0.1, -0.05) is 11.6 Å². The first kappa shape index (κ1) is 26.9. The van der Waals surface area contributed by atoms with Gasteiger partial charge in [0.05, 0.1) is 46.6 Å². The summed E-state index contributed by atoms with van der Waals surface area (Å²) >= 11 is 6.14. The second-order valence-electron chi connectivity index (χ2n) is 10.7. The van der Waals surface area contributed by atoms with Gasteiger partial charge in [-0.05, 0) is 38.0 Å². The number of hydrogen-bond acceptors (Lipinski definition) is 9. The molecule has 1 amide bonds. The van der Waals surface area contributed by atoms with Gasteiger partial charge < -0.3 is 20.3 Å². The summed E-state index contributed by atoms with van der Waals surface area (Å²) in [5, 5.41) is 20.2. The summed E-state index contributed by atoms with van der Waals surface area (Å²) in [5.74, 6) is 0.819. The number of carbonyl (C=O) groups excluding carboxylic acids is 1. The minimum atomic E-state index is -1.41. The van der Waals surface area contributed by atoms with Crippen molar-refractivity contribution in [1.29, 1.82) is 5.26 Å². The second-order valence-corrected chi connectivity index (χ2v) is 11.1. The third kappa shape index (κ3) is 5.38. The number of nitriles is 1. The van der Waals surface area contributed by atoms with E-state index < -0.39 is 11.2 Å². The number of nitrogens with zero attached hydrogens (tertiary/aromatic N) is 7. The Kier molecular flexibility index (Phi) is 6.93. The molecular weight excluding hydrogens is 549 g/mol.